The predicted octanol–water partition coefficient (Wildman–Crippen LogP) is 0.527. The van der Waals surface area contributed by atoms with E-state index in [-0.39, 0.29) is 6.10 Å². The molecule has 152 valence electrons. The van der Waals surface area contributed by atoms with Gasteiger partial charge in [-0.1, -0.05) is 0 Å². The molecular formula is C20H33N3O4. The van der Waals surface area contributed by atoms with Gasteiger partial charge in [-0.2, -0.15) is 0 Å². The first-order chi connectivity index (χ1) is 13.2. The Hall–Kier alpha value is -1.38. The van der Waals surface area contributed by atoms with Crippen LogP contribution in [0.1, 0.15) is 0 Å². The standard InChI is InChI=1S/C20H33N3O4/c1-25-20-4-2-18(3-5-20)23-8-6-21(7-9-23)16-19(24)17-22-10-12-26-14-15-27-13-11-22/h2-5,19,24H,6-17H2,1H3. The second-order valence-corrected chi connectivity index (χ2v) is 7.16. The molecule has 0 amide bonds. The van der Waals surface area contributed by atoms with Gasteiger partial charge in [-0.25, -0.2) is 0 Å². The minimum absolute atomic E-state index is 0.349. The van der Waals surface area contributed by atoms with Crippen LogP contribution in [0.15, 0.2) is 24.3 Å². The summed E-state index contributed by atoms with van der Waals surface area (Å²) in [5.74, 6) is 0.885. The van der Waals surface area contributed by atoms with Crippen molar-refractivity contribution in [1.29, 1.82) is 0 Å². The lowest BCUT2D eigenvalue weighted by molar-refractivity contribution is 0.0579. The number of aliphatic hydroxyl groups excluding tert-OH is 1. The van der Waals surface area contributed by atoms with E-state index in [1.165, 1.54) is 5.69 Å². The number of nitrogens with zero attached hydrogens (tertiary/aromatic N) is 3. The molecule has 0 aliphatic carbocycles. The number of piperazine rings is 1. The molecule has 1 atom stereocenters. The summed E-state index contributed by atoms with van der Waals surface area (Å²) in [6.07, 6.45) is -0.349. The Bertz CT molecular complexity index is 525. The third-order valence-corrected chi connectivity index (χ3v) is 5.22. The van der Waals surface area contributed by atoms with Crippen LogP contribution in [0.3, 0.4) is 0 Å². The Morgan fingerprint density at radius 1 is 0.852 bits per heavy atom. The van der Waals surface area contributed by atoms with Gasteiger partial charge in [0, 0.05) is 58.0 Å². The van der Waals surface area contributed by atoms with Gasteiger partial charge in [-0.15, -0.1) is 0 Å². The molecule has 0 spiro atoms. The third kappa shape index (κ3) is 6.62. The highest BCUT2D eigenvalue weighted by Crippen LogP contribution is 2.20. The average Bonchev–Trinajstić information content (AvgIpc) is 2.83. The number of benzene rings is 1. The largest absolute Gasteiger partial charge is 0.497 e. The van der Waals surface area contributed by atoms with E-state index < -0.39 is 0 Å². The van der Waals surface area contributed by atoms with Crippen LogP contribution in [0, 0.1) is 0 Å². The predicted molar refractivity (Wildman–Crippen MR) is 106 cm³/mol. The van der Waals surface area contributed by atoms with Crippen molar-refractivity contribution in [3.8, 4) is 5.75 Å². The summed E-state index contributed by atoms with van der Waals surface area (Å²) >= 11 is 0. The maximum absolute atomic E-state index is 10.5. The highest BCUT2D eigenvalue weighted by atomic mass is 16.5. The molecule has 2 heterocycles. The van der Waals surface area contributed by atoms with Crippen molar-refractivity contribution in [1.82, 2.24) is 9.80 Å². The fourth-order valence-electron chi connectivity index (χ4n) is 3.64. The summed E-state index contributed by atoms with van der Waals surface area (Å²) in [6, 6.07) is 8.23. The highest BCUT2D eigenvalue weighted by Gasteiger charge is 2.21. The van der Waals surface area contributed by atoms with Gasteiger partial charge in [0.05, 0.1) is 39.6 Å². The number of methoxy groups -OCH3 is 1. The zero-order valence-corrected chi connectivity index (χ0v) is 16.4. The molecule has 2 aliphatic heterocycles. The quantitative estimate of drug-likeness (QED) is 0.774. The molecule has 1 unspecified atom stereocenters. The molecule has 3 rings (SSSR count). The van der Waals surface area contributed by atoms with Gasteiger partial charge in [0.15, 0.2) is 0 Å². The lowest BCUT2D eigenvalue weighted by Gasteiger charge is -2.37. The van der Waals surface area contributed by atoms with Gasteiger partial charge in [0.1, 0.15) is 5.75 Å². The molecule has 1 aromatic rings. The molecule has 27 heavy (non-hydrogen) atoms. The van der Waals surface area contributed by atoms with Crippen molar-refractivity contribution in [2.75, 3.05) is 90.8 Å². The molecule has 0 aromatic heterocycles. The van der Waals surface area contributed by atoms with Crippen LogP contribution in [0.4, 0.5) is 5.69 Å². The van der Waals surface area contributed by atoms with Crippen molar-refractivity contribution >= 4 is 5.69 Å². The summed E-state index contributed by atoms with van der Waals surface area (Å²) in [4.78, 5) is 6.98. The number of anilines is 1. The van der Waals surface area contributed by atoms with E-state index in [1.807, 2.05) is 12.1 Å². The maximum Gasteiger partial charge on any atom is 0.119 e. The molecule has 1 N–H and O–H groups in total. The van der Waals surface area contributed by atoms with Crippen molar-refractivity contribution in [3.63, 3.8) is 0 Å². The van der Waals surface area contributed by atoms with E-state index in [1.54, 1.807) is 7.11 Å². The zero-order chi connectivity index (χ0) is 18.9. The monoisotopic (exact) mass is 379 g/mol. The molecule has 2 fully saturated rings. The number of ether oxygens (including phenoxy) is 3. The van der Waals surface area contributed by atoms with E-state index in [2.05, 4.69) is 26.8 Å². The molecule has 2 saturated heterocycles. The zero-order valence-electron chi connectivity index (χ0n) is 16.4. The van der Waals surface area contributed by atoms with Crippen molar-refractivity contribution in [2.24, 2.45) is 0 Å². The SMILES string of the molecule is COc1ccc(N2CCN(CC(O)CN3CCOCCOCC3)CC2)cc1. The van der Waals surface area contributed by atoms with Gasteiger partial charge in [-0.05, 0) is 24.3 Å². The molecular weight excluding hydrogens is 346 g/mol. The minimum Gasteiger partial charge on any atom is -0.497 e. The average molecular weight is 380 g/mol. The molecule has 7 nitrogen and oxygen atoms in total. The fraction of sp³-hybridized carbons (Fsp3) is 0.700. The van der Waals surface area contributed by atoms with Gasteiger partial charge < -0.3 is 24.2 Å². The van der Waals surface area contributed by atoms with Crippen LogP contribution < -0.4 is 9.64 Å². The van der Waals surface area contributed by atoms with E-state index in [0.29, 0.717) is 39.5 Å². The molecule has 2 aliphatic rings. The highest BCUT2D eigenvalue weighted by molar-refractivity contribution is 5.49. The Morgan fingerprint density at radius 2 is 1.41 bits per heavy atom. The van der Waals surface area contributed by atoms with E-state index >= 15 is 0 Å². The van der Waals surface area contributed by atoms with Crippen molar-refractivity contribution in [2.45, 2.75) is 6.10 Å². The lowest BCUT2D eigenvalue weighted by Crippen LogP contribution is -2.50. The Balaban J connectivity index is 1.39. The first kappa shape index (κ1) is 20.4. The number of aliphatic hydroxyl groups is 1. The first-order valence-electron chi connectivity index (χ1n) is 9.92. The molecule has 0 bridgehead atoms. The third-order valence-electron chi connectivity index (χ3n) is 5.22. The summed E-state index contributed by atoms with van der Waals surface area (Å²) in [5, 5.41) is 10.5. The molecule has 0 radical (unpaired) electrons. The van der Waals surface area contributed by atoms with Crippen LogP contribution in [-0.2, 0) is 9.47 Å². The Morgan fingerprint density at radius 3 is 1.96 bits per heavy atom. The normalized spacial score (nSPS) is 21.9. The van der Waals surface area contributed by atoms with Crippen LogP contribution in [0.5, 0.6) is 5.75 Å². The molecule has 1 aromatic carbocycles. The number of β-amino-alcohol motifs (C(OH)–C–C–N with tert-alkyl or cyclic N) is 1. The molecule has 0 saturated carbocycles. The van der Waals surface area contributed by atoms with Gasteiger partial charge in [-0.3, -0.25) is 9.80 Å². The number of hydrogen-bond acceptors (Lipinski definition) is 7. The Kier molecular flexibility index (Phi) is 8.16. The lowest BCUT2D eigenvalue weighted by atomic mass is 10.2. The minimum atomic E-state index is -0.349. The summed E-state index contributed by atoms with van der Waals surface area (Å²) in [6.45, 7) is 9.72. The first-order valence-corrected chi connectivity index (χ1v) is 9.92. The van der Waals surface area contributed by atoms with Crippen molar-refractivity contribution < 1.29 is 19.3 Å². The topological polar surface area (TPSA) is 57.6 Å². The van der Waals surface area contributed by atoms with Crippen LogP contribution in [-0.4, -0.2) is 107 Å². The summed E-state index contributed by atoms with van der Waals surface area (Å²) in [5.41, 5.74) is 1.23. The van der Waals surface area contributed by atoms with Crippen LogP contribution in [0.25, 0.3) is 0 Å². The number of hydrogen-bond donors (Lipinski definition) is 1. The second kappa shape index (κ2) is 10.8. The van der Waals surface area contributed by atoms with Crippen LogP contribution >= 0.6 is 0 Å². The van der Waals surface area contributed by atoms with Gasteiger partial charge in [0.25, 0.3) is 0 Å². The summed E-state index contributed by atoms with van der Waals surface area (Å²) in [7, 11) is 1.69. The van der Waals surface area contributed by atoms with E-state index in [9.17, 15) is 5.11 Å². The summed E-state index contributed by atoms with van der Waals surface area (Å²) < 4.78 is 16.3. The van der Waals surface area contributed by atoms with Gasteiger partial charge in [0.2, 0.25) is 0 Å². The number of rotatable bonds is 6. The van der Waals surface area contributed by atoms with Crippen LogP contribution in [0.2, 0.25) is 0 Å². The van der Waals surface area contributed by atoms with E-state index in [4.69, 9.17) is 14.2 Å². The van der Waals surface area contributed by atoms with E-state index in [0.717, 1.165) is 45.0 Å². The van der Waals surface area contributed by atoms with Crippen molar-refractivity contribution in [3.05, 3.63) is 24.3 Å². The Labute approximate surface area is 162 Å². The smallest absolute Gasteiger partial charge is 0.119 e. The molecule has 7 heteroatoms. The second-order valence-electron chi connectivity index (χ2n) is 7.16. The maximum atomic E-state index is 10.5. The van der Waals surface area contributed by atoms with Gasteiger partial charge >= 0.3 is 0 Å². The fourth-order valence-corrected chi connectivity index (χ4v) is 3.64.